The Morgan fingerprint density at radius 1 is 1.29 bits per heavy atom. The van der Waals surface area contributed by atoms with E-state index in [1.165, 1.54) is 11.1 Å². The Morgan fingerprint density at radius 2 is 1.95 bits per heavy atom. The van der Waals surface area contributed by atoms with E-state index in [0.717, 1.165) is 19.6 Å². The van der Waals surface area contributed by atoms with Crippen LogP contribution >= 0.6 is 0 Å². The molecular formula is C16H20F2N2O. The second-order valence-electron chi connectivity index (χ2n) is 6.11. The molecule has 1 saturated heterocycles. The van der Waals surface area contributed by atoms with Crippen molar-refractivity contribution in [3.63, 3.8) is 0 Å². The SMILES string of the molecule is Cc1cccc(CN2CCN(C(=O)C3CC3(F)F)CC2)c1. The quantitative estimate of drug-likeness (QED) is 0.854. The standard InChI is InChI=1S/C16H20F2N2O/c1-12-3-2-4-13(9-12)11-19-5-7-20(8-6-19)15(21)14-10-16(14,17)18/h2-4,9,14H,5-8,10-11H2,1H3. The molecule has 1 aromatic carbocycles. The van der Waals surface area contributed by atoms with Crippen LogP contribution in [0.2, 0.25) is 0 Å². The Kier molecular flexibility index (Phi) is 3.69. The zero-order valence-electron chi connectivity index (χ0n) is 12.2. The van der Waals surface area contributed by atoms with Gasteiger partial charge in [-0.1, -0.05) is 29.8 Å². The highest BCUT2D eigenvalue weighted by atomic mass is 19.3. The number of aryl methyl sites for hydroxylation is 1. The number of benzene rings is 1. The van der Waals surface area contributed by atoms with E-state index in [4.69, 9.17) is 0 Å². The van der Waals surface area contributed by atoms with Crippen LogP contribution in [0.3, 0.4) is 0 Å². The van der Waals surface area contributed by atoms with Gasteiger partial charge in [0.25, 0.3) is 5.92 Å². The van der Waals surface area contributed by atoms with Gasteiger partial charge in [0.05, 0.1) is 0 Å². The van der Waals surface area contributed by atoms with Gasteiger partial charge >= 0.3 is 0 Å². The van der Waals surface area contributed by atoms with Crippen LogP contribution in [0.1, 0.15) is 17.5 Å². The van der Waals surface area contributed by atoms with E-state index in [0.29, 0.717) is 13.1 Å². The molecule has 2 aliphatic rings. The van der Waals surface area contributed by atoms with Crippen molar-refractivity contribution < 1.29 is 13.6 Å². The van der Waals surface area contributed by atoms with Crippen LogP contribution in [0.15, 0.2) is 24.3 Å². The van der Waals surface area contributed by atoms with Crippen molar-refractivity contribution in [3.05, 3.63) is 35.4 Å². The fourth-order valence-electron chi connectivity index (χ4n) is 2.90. The molecule has 1 heterocycles. The number of amides is 1. The lowest BCUT2D eigenvalue weighted by Gasteiger charge is -2.35. The van der Waals surface area contributed by atoms with Gasteiger partial charge in [-0.05, 0) is 12.5 Å². The molecule has 5 heteroatoms. The summed E-state index contributed by atoms with van der Waals surface area (Å²) in [7, 11) is 0. The first-order valence-electron chi connectivity index (χ1n) is 7.40. The predicted molar refractivity (Wildman–Crippen MR) is 76.1 cm³/mol. The largest absolute Gasteiger partial charge is 0.340 e. The number of rotatable bonds is 3. The van der Waals surface area contributed by atoms with Gasteiger partial charge in [-0.2, -0.15) is 0 Å². The van der Waals surface area contributed by atoms with Crippen LogP contribution in [-0.4, -0.2) is 47.8 Å². The number of piperazine rings is 1. The minimum absolute atomic E-state index is 0.269. The van der Waals surface area contributed by atoms with Gasteiger partial charge in [0.15, 0.2) is 0 Å². The van der Waals surface area contributed by atoms with Gasteiger partial charge in [0.2, 0.25) is 5.91 Å². The smallest absolute Gasteiger partial charge is 0.260 e. The molecule has 1 atom stereocenters. The highest BCUT2D eigenvalue weighted by Crippen LogP contribution is 2.49. The molecule has 1 amide bonds. The van der Waals surface area contributed by atoms with Gasteiger partial charge in [-0.15, -0.1) is 0 Å². The summed E-state index contributed by atoms with van der Waals surface area (Å²) in [5.74, 6) is -4.17. The Bertz CT molecular complexity index is 539. The maximum atomic E-state index is 12.9. The number of nitrogens with zero attached hydrogens (tertiary/aromatic N) is 2. The summed E-state index contributed by atoms with van der Waals surface area (Å²) >= 11 is 0. The number of hydrogen-bond donors (Lipinski definition) is 0. The summed E-state index contributed by atoms with van der Waals surface area (Å²) in [4.78, 5) is 15.8. The molecule has 1 saturated carbocycles. The molecule has 0 N–H and O–H groups in total. The number of halogens is 2. The molecule has 0 radical (unpaired) electrons. The first kappa shape index (κ1) is 14.4. The Hall–Kier alpha value is -1.49. The monoisotopic (exact) mass is 294 g/mol. The second kappa shape index (κ2) is 5.37. The van der Waals surface area contributed by atoms with E-state index < -0.39 is 11.8 Å². The number of hydrogen-bond acceptors (Lipinski definition) is 2. The van der Waals surface area contributed by atoms with Crippen molar-refractivity contribution in [3.8, 4) is 0 Å². The van der Waals surface area contributed by atoms with Crippen molar-refractivity contribution >= 4 is 5.91 Å². The van der Waals surface area contributed by atoms with Crippen molar-refractivity contribution in [2.24, 2.45) is 5.92 Å². The molecule has 0 spiro atoms. The van der Waals surface area contributed by atoms with Crippen LogP contribution in [0.25, 0.3) is 0 Å². The van der Waals surface area contributed by atoms with Crippen molar-refractivity contribution in [2.45, 2.75) is 25.8 Å². The van der Waals surface area contributed by atoms with Gasteiger partial charge in [0.1, 0.15) is 5.92 Å². The third-order valence-corrected chi connectivity index (χ3v) is 4.30. The van der Waals surface area contributed by atoms with Crippen molar-refractivity contribution in [1.82, 2.24) is 9.80 Å². The highest BCUT2D eigenvalue weighted by Gasteiger charge is 2.62. The third kappa shape index (κ3) is 3.23. The maximum Gasteiger partial charge on any atom is 0.260 e. The number of carbonyl (C=O) groups is 1. The normalized spacial score (nSPS) is 24.9. The summed E-state index contributed by atoms with van der Waals surface area (Å²) in [6.45, 7) is 5.52. The molecule has 114 valence electrons. The summed E-state index contributed by atoms with van der Waals surface area (Å²) in [5, 5.41) is 0. The van der Waals surface area contributed by atoms with Crippen LogP contribution in [0, 0.1) is 12.8 Å². The van der Waals surface area contributed by atoms with E-state index in [9.17, 15) is 13.6 Å². The fourth-order valence-corrected chi connectivity index (χ4v) is 2.90. The fraction of sp³-hybridized carbons (Fsp3) is 0.562. The van der Waals surface area contributed by atoms with E-state index in [-0.39, 0.29) is 12.3 Å². The first-order chi connectivity index (χ1) is 9.95. The topological polar surface area (TPSA) is 23.6 Å². The second-order valence-corrected chi connectivity index (χ2v) is 6.11. The summed E-state index contributed by atoms with van der Waals surface area (Å²) < 4.78 is 25.9. The lowest BCUT2D eigenvalue weighted by atomic mass is 10.1. The molecule has 0 aromatic heterocycles. The molecule has 0 bridgehead atoms. The highest BCUT2D eigenvalue weighted by molar-refractivity contribution is 5.83. The van der Waals surface area contributed by atoms with Gasteiger partial charge in [-0.25, -0.2) is 8.78 Å². The van der Waals surface area contributed by atoms with E-state index in [1.807, 2.05) is 6.07 Å². The molecule has 2 fully saturated rings. The lowest BCUT2D eigenvalue weighted by Crippen LogP contribution is -2.49. The van der Waals surface area contributed by atoms with Gasteiger partial charge in [-0.3, -0.25) is 9.69 Å². The average molecular weight is 294 g/mol. The minimum atomic E-state index is -2.75. The first-order valence-corrected chi connectivity index (χ1v) is 7.40. The Labute approximate surface area is 123 Å². The zero-order chi connectivity index (χ0) is 15.0. The van der Waals surface area contributed by atoms with Crippen LogP contribution < -0.4 is 0 Å². The lowest BCUT2D eigenvalue weighted by molar-refractivity contribution is -0.136. The number of alkyl halides is 2. The maximum absolute atomic E-state index is 12.9. The van der Waals surface area contributed by atoms with Crippen molar-refractivity contribution in [1.29, 1.82) is 0 Å². The Balaban J connectivity index is 1.50. The molecule has 1 aliphatic heterocycles. The minimum Gasteiger partial charge on any atom is -0.340 e. The van der Waals surface area contributed by atoms with Crippen molar-refractivity contribution in [2.75, 3.05) is 26.2 Å². The van der Waals surface area contributed by atoms with Crippen LogP contribution in [0.4, 0.5) is 8.78 Å². The van der Waals surface area contributed by atoms with E-state index in [2.05, 4.69) is 30.0 Å². The van der Waals surface area contributed by atoms with Crippen LogP contribution in [-0.2, 0) is 11.3 Å². The third-order valence-electron chi connectivity index (χ3n) is 4.30. The Morgan fingerprint density at radius 3 is 2.52 bits per heavy atom. The molecular weight excluding hydrogens is 274 g/mol. The molecule has 21 heavy (non-hydrogen) atoms. The summed E-state index contributed by atoms with van der Waals surface area (Å²) in [6, 6.07) is 8.35. The molecule has 1 aromatic rings. The molecule has 3 rings (SSSR count). The summed E-state index contributed by atoms with van der Waals surface area (Å²) in [6.07, 6.45) is -0.269. The van der Waals surface area contributed by atoms with Gasteiger partial charge < -0.3 is 4.90 Å². The molecule has 3 nitrogen and oxygen atoms in total. The van der Waals surface area contributed by atoms with E-state index in [1.54, 1.807) is 4.90 Å². The van der Waals surface area contributed by atoms with E-state index >= 15 is 0 Å². The summed E-state index contributed by atoms with van der Waals surface area (Å²) in [5.41, 5.74) is 2.49. The zero-order valence-corrected chi connectivity index (χ0v) is 12.2. The average Bonchev–Trinajstić information content (AvgIpc) is 3.08. The predicted octanol–water partition coefficient (Wildman–Crippen LogP) is 2.29. The van der Waals surface area contributed by atoms with Crippen LogP contribution in [0.5, 0.6) is 0 Å². The number of carbonyl (C=O) groups excluding carboxylic acids is 1. The molecule has 1 aliphatic carbocycles. The molecule has 1 unspecified atom stereocenters. The van der Waals surface area contributed by atoms with Gasteiger partial charge in [0, 0.05) is 39.1 Å².